The van der Waals surface area contributed by atoms with Crippen LogP contribution in [-0.2, 0) is 11.8 Å². The van der Waals surface area contributed by atoms with Crippen molar-refractivity contribution >= 4 is 22.8 Å². The van der Waals surface area contributed by atoms with Crippen LogP contribution < -0.4 is 5.32 Å². The molecular weight excluding hydrogens is 330 g/mol. The van der Waals surface area contributed by atoms with Crippen molar-refractivity contribution in [3.8, 4) is 11.3 Å². The first-order valence-corrected chi connectivity index (χ1v) is 8.79. The molecule has 2 aromatic heterocycles. The molecule has 0 aliphatic carbocycles. The number of hydrogen-bond acceptors (Lipinski definition) is 5. The van der Waals surface area contributed by atoms with Crippen LogP contribution in [0.3, 0.4) is 0 Å². The average molecular weight is 353 g/mol. The van der Waals surface area contributed by atoms with Crippen LogP contribution in [0.15, 0.2) is 30.3 Å². The van der Waals surface area contributed by atoms with Gasteiger partial charge in [0.15, 0.2) is 5.65 Å². The van der Waals surface area contributed by atoms with Gasteiger partial charge < -0.3 is 10.2 Å². The maximum atomic E-state index is 12.5. The predicted molar refractivity (Wildman–Crippen MR) is 101 cm³/mol. The minimum Gasteiger partial charge on any atom is -0.309 e. The molecule has 0 unspecified atom stereocenters. The van der Waals surface area contributed by atoms with Crippen LogP contribution in [0.5, 0.6) is 0 Å². The van der Waals surface area contributed by atoms with Crippen molar-refractivity contribution in [1.82, 2.24) is 29.8 Å². The van der Waals surface area contributed by atoms with Crippen LogP contribution in [0.2, 0.25) is 0 Å². The molecule has 26 heavy (non-hydrogen) atoms. The minimum absolute atomic E-state index is 0.0389. The Kier molecular flexibility index (Phi) is 4.44. The third kappa shape index (κ3) is 3.21. The number of nitrogens with zero attached hydrogens (tertiary/aromatic N) is 5. The molecule has 4 rings (SSSR count). The number of fused-ring (bicyclic) bond motifs is 1. The van der Waals surface area contributed by atoms with E-state index in [1.807, 2.05) is 37.4 Å². The molecule has 0 saturated carbocycles. The van der Waals surface area contributed by atoms with Gasteiger partial charge in [-0.2, -0.15) is 10.2 Å². The first-order chi connectivity index (χ1) is 12.6. The Bertz CT molecular complexity index is 906. The fourth-order valence-corrected chi connectivity index (χ4v) is 3.31. The van der Waals surface area contributed by atoms with Crippen molar-refractivity contribution in [2.45, 2.75) is 0 Å². The molecule has 1 amide bonds. The highest BCUT2D eigenvalue weighted by Crippen LogP contribution is 2.31. The number of carbonyl (C=O) groups excluding carboxylic acids is 1. The van der Waals surface area contributed by atoms with E-state index < -0.39 is 0 Å². The molecule has 2 N–H and O–H groups in total. The number of rotatable bonds is 4. The Balaban J connectivity index is 1.56. The van der Waals surface area contributed by atoms with Crippen molar-refractivity contribution in [1.29, 1.82) is 0 Å². The summed E-state index contributed by atoms with van der Waals surface area (Å²) < 4.78 is 1.73. The summed E-state index contributed by atoms with van der Waals surface area (Å²) in [5.74, 6) is 0.564. The van der Waals surface area contributed by atoms with Crippen molar-refractivity contribution < 1.29 is 4.79 Å². The summed E-state index contributed by atoms with van der Waals surface area (Å²) in [6, 6.07) is 9.93. The number of H-pyrrole nitrogens is 1. The van der Waals surface area contributed by atoms with Crippen molar-refractivity contribution in [3.63, 3.8) is 0 Å². The first kappa shape index (κ1) is 16.7. The van der Waals surface area contributed by atoms with E-state index in [0.717, 1.165) is 48.5 Å². The highest BCUT2D eigenvalue weighted by atomic mass is 16.2. The van der Waals surface area contributed by atoms with Gasteiger partial charge in [0.1, 0.15) is 11.5 Å². The monoisotopic (exact) mass is 353 g/mol. The lowest BCUT2D eigenvalue weighted by molar-refractivity contribution is -0.117. The molecule has 0 radical (unpaired) electrons. The maximum absolute atomic E-state index is 12.5. The fourth-order valence-electron chi connectivity index (χ4n) is 3.31. The number of carbonyl (C=O) groups is 1. The topological polar surface area (TPSA) is 82.1 Å². The molecule has 136 valence electrons. The third-order valence-corrected chi connectivity index (χ3v) is 4.82. The first-order valence-electron chi connectivity index (χ1n) is 8.79. The summed E-state index contributed by atoms with van der Waals surface area (Å²) in [4.78, 5) is 17.0. The SMILES string of the molecule is CN1CCN(CC(=O)Nc2[nH]nc3c2c(-c2ccccc2)nn3C)CC1. The second kappa shape index (κ2) is 6.89. The molecule has 8 heteroatoms. The van der Waals surface area contributed by atoms with E-state index in [2.05, 4.69) is 37.5 Å². The zero-order valence-corrected chi connectivity index (χ0v) is 15.1. The van der Waals surface area contributed by atoms with Gasteiger partial charge in [0.25, 0.3) is 0 Å². The predicted octanol–water partition coefficient (Wildman–Crippen LogP) is 1.15. The number of aromatic nitrogens is 4. The quantitative estimate of drug-likeness (QED) is 0.735. The summed E-state index contributed by atoms with van der Waals surface area (Å²) in [6.07, 6.45) is 0. The molecule has 1 saturated heterocycles. The molecule has 1 aliphatic rings. The minimum atomic E-state index is -0.0389. The lowest BCUT2D eigenvalue weighted by atomic mass is 10.1. The van der Waals surface area contributed by atoms with Crippen molar-refractivity contribution in [3.05, 3.63) is 30.3 Å². The van der Waals surface area contributed by atoms with E-state index in [4.69, 9.17) is 0 Å². The maximum Gasteiger partial charge on any atom is 0.239 e. The van der Waals surface area contributed by atoms with Crippen LogP contribution in [0.25, 0.3) is 22.3 Å². The molecule has 3 aromatic rings. The number of benzene rings is 1. The van der Waals surface area contributed by atoms with E-state index in [0.29, 0.717) is 12.4 Å². The number of piperazine rings is 1. The number of nitrogens with one attached hydrogen (secondary N) is 2. The Labute approximate surface area is 151 Å². The smallest absolute Gasteiger partial charge is 0.239 e. The number of aryl methyl sites for hydroxylation is 1. The molecule has 0 bridgehead atoms. The number of likely N-dealkylation sites (N-methyl/N-ethyl adjacent to an activating group) is 1. The normalized spacial score (nSPS) is 16.2. The summed E-state index contributed by atoms with van der Waals surface area (Å²) in [5, 5.41) is 15.7. The van der Waals surface area contributed by atoms with Crippen LogP contribution in [0, 0.1) is 0 Å². The fraction of sp³-hybridized carbons (Fsp3) is 0.389. The Morgan fingerprint density at radius 2 is 1.88 bits per heavy atom. The second-order valence-electron chi connectivity index (χ2n) is 6.76. The van der Waals surface area contributed by atoms with Crippen LogP contribution >= 0.6 is 0 Å². The summed E-state index contributed by atoms with van der Waals surface area (Å²) in [6.45, 7) is 4.18. The third-order valence-electron chi connectivity index (χ3n) is 4.82. The van der Waals surface area contributed by atoms with Gasteiger partial charge in [0, 0.05) is 38.8 Å². The van der Waals surface area contributed by atoms with Crippen molar-refractivity contribution in [2.75, 3.05) is 45.1 Å². The zero-order chi connectivity index (χ0) is 18.1. The van der Waals surface area contributed by atoms with Gasteiger partial charge in [-0.1, -0.05) is 30.3 Å². The van der Waals surface area contributed by atoms with Gasteiger partial charge in [-0.15, -0.1) is 0 Å². The number of hydrogen-bond donors (Lipinski definition) is 2. The van der Waals surface area contributed by atoms with Crippen LogP contribution in [-0.4, -0.2) is 75.5 Å². The van der Waals surface area contributed by atoms with E-state index in [-0.39, 0.29) is 5.91 Å². The van der Waals surface area contributed by atoms with Gasteiger partial charge in [-0.25, -0.2) is 4.68 Å². The van der Waals surface area contributed by atoms with Gasteiger partial charge >= 0.3 is 0 Å². The Hall–Kier alpha value is -2.71. The molecular formula is C18H23N7O. The number of amides is 1. The largest absolute Gasteiger partial charge is 0.309 e. The van der Waals surface area contributed by atoms with Crippen molar-refractivity contribution in [2.24, 2.45) is 7.05 Å². The number of anilines is 1. The molecule has 1 fully saturated rings. The summed E-state index contributed by atoms with van der Waals surface area (Å²) in [7, 11) is 3.96. The lowest BCUT2D eigenvalue weighted by Crippen LogP contribution is -2.47. The van der Waals surface area contributed by atoms with Crippen LogP contribution in [0.1, 0.15) is 0 Å². The molecule has 1 aliphatic heterocycles. The average Bonchev–Trinajstić information content (AvgIpc) is 3.20. The van der Waals surface area contributed by atoms with E-state index in [1.165, 1.54) is 0 Å². The highest BCUT2D eigenvalue weighted by molar-refractivity contribution is 6.05. The number of aromatic amines is 1. The summed E-state index contributed by atoms with van der Waals surface area (Å²) in [5.41, 5.74) is 2.53. The van der Waals surface area contributed by atoms with E-state index in [1.54, 1.807) is 4.68 Å². The van der Waals surface area contributed by atoms with Gasteiger partial charge in [-0.3, -0.25) is 14.8 Å². The molecule has 8 nitrogen and oxygen atoms in total. The zero-order valence-electron chi connectivity index (χ0n) is 15.1. The summed E-state index contributed by atoms with van der Waals surface area (Å²) >= 11 is 0. The molecule has 3 heterocycles. The van der Waals surface area contributed by atoms with Gasteiger partial charge in [0.05, 0.1) is 11.9 Å². The van der Waals surface area contributed by atoms with Gasteiger partial charge in [0.2, 0.25) is 5.91 Å². The van der Waals surface area contributed by atoms with E-state index >= 15 is 0 Å². The molecule has 0 spiro atoms. The Morgan fingerprint density at radius 1 is 1.15 bits per heavy atom. The standard InChI is InChI=1S/C18H23N7O/c1-23-8-10-25(11-9-23)12-14(26)19-17-15-16(13-6-4-3-5-7-13)22-24(2)18(15)21-20-17/h3-7H,8-12H2,1-2H3,(H2,19,20,21,26). The Morgan fingerprint density at radius 3 is 2.62 bits per heavy atom. The molecule has 1 aromatic carbocycles. The van der Waals surface area contributed by atoms with E-state index in [9.17, 15) is 4.79 Å². The molecule has 0 atom stereocenters. The second-order valence-corrected chi connectivity index (χ2v) is 6.76. The highest BCUT2D eigenvalue weighted by Gasteiger charge is 2.21. The lowest BCUT2D eigenvalue weighted by Gasteiger charge is -2.31. The van der Waals surface area contributed by atoms with Gasteiger partial charge in [-0.05, 0) is 7.05 Å². The van der Waals surface area contributed by atoms with Crippen LogP contribution in [0.4, 0.5) is 5.82 Å².